The number of nitro benzene ring substituents is 1. The first-order valence-corrected chi connectivity index (χ1v) is 4.91. The topological polar surface area (TPSA) is 80.4 Å². The number of hydrogen-bond donors (Lipinski definition) is 1. The lowest BCUT2D eigenvalue weighted by atomic mass is 9.89. The van der Waals surface area contributed by atoms with E-state index in [2.05, 4.69) is 0 Å². The lowest BCUT2D eigenvalue weighted by Gasteiger charge is -2.22. The van der Waals surface area contributed by atoms with E-state index in [9.17, 15) is 20.0 Å². The van der Waals surface area contributed by atoms with Crippen molar-refractivity contribution in [1.29, 1.82) is 0 Å². The normalized spacial score (nSPS) is 17.1. The monoisotopic (exact) mass is 231 g/mol. The maximum absolute atomic E-state index is 11.0. The molecule has 0 aliphatic heterocycles. The maximum atomic E-state index is 11.0. The van der Waals surface area contributed by atoms with E-state index in [4.69, 9.17) is 0 Å². The quantitative estimate of drug-likeness (QED) is 0.617. The minimum absolute atomic E-state index is 0.102. The molecule has 1 aliphatic carbocycles. The van der Waals surface area contributed by atoms with Crippen LogP contribution in [-0.4, -0.2) is 15.8 Å². The van der Waals surface area contributed by atoms with Crippen molar-refractivity contribution in [1.82, 2.24) is 0 Å². The number of hydrogen-bond acceptors (Lipinski definition) is 4. The Morgan fingerprint density at radius 1 is 1.24 bits per heavy atom. The number of carbonyl (C=O) groups excluding carboxylic acids is 1. The molecule has 1 aromatic rings. The molecule has 0 amide bonds. The van der Waals surface area contributed by atoms with Crippen LogP contribution in [-0.2, 0) is 10.4 Å². The number of rotatable bonds is 2. The summed E-state index contributed by atoms with van der Waals surface area (Å²) in [6, 6.07) is 5.68. The van der Waals surface area contributed by atoms with Crippen LogP contribution >= 0.6 is 0 Å². The predicted molar refractivity (Wildman–Crippen MR) is 60.3 cm³/mol. The Morgan fingerprint density at radius 2 is 1.88 bits per heavy atom. The Bertz CT molecular complexity index is 529. The summed E-state index contributed by atoms with van der Waals surface area (Å²) < 4.78 is 0. The van der Waals surface area contributed by atoms with Crippen molar-refractivity contribution < 1.29 is 14.8 Å². The Kier molecular flexibility index (Phi) is 2.61. The highest BCUT2D eigenvalue weighted by Gasteiger charge is 2.27. The summed E-state index contributed by atoms with van der Waals surface area (Å²) in [5, 5.41) is 20.8. The minimum atomic E-state index is -1.46. The van der Waals surface area contributed by atoms with Crippen LogP contribution in [0.2, 0.25) is 0 Å². The minimum Gasteiger partial charge on any atom is -0.377 e. The average Bonchev–Trinajstić information content (AvgIpc) is 2.33. The molecule has 0 saturated carbocycles. The molecule has 0 fully saturated rings. The summed E-state index contributed by atoms with van der Waals surface area (Å²) in [5.41, 5.74) is -1.21. The second kappa shape index (κ2) is 3.95. The van der Waals surface area contributed by atoms with Crippen LogP contribution in [0.4, 0.5) is 5.69 Å². The Labute approximate surface area is 96.8 Å². The molecule has 0 spiro atoms. The van der Waals surface area contributed by atoms with E-state index in [-0.39, 0.29) is 11.5 Å². The summed E-state index contributed by atoms with van der Waals surface area (Å²) >= 11 is 0. The predicted octanol–water partition coefficient (Wildman–Crippen LogP) is 1.48. The van der Waals surface area contributed by atoms with E-state index >= 15 is 0 Å². The van der Waals surface area contributed by atoms with Crippen molar-refractivity contribution in [3.8, 4) is 0 Å². The van der Waals surface area contributed by atoms with Gasteiger partial charge in [-0.2, -0.15) is 0 Å². The van der Waals surface area contributed by atoms with Gasteiger partial charge in [0.2, 0.25) is 0 Å². The van der Waals surface area contributed by atoms with E-state index in [1.165, 1.54) is 42.5 Å². The molecule has 1 aromatic carbocycles. The van der Waals surface area contributed by atoms with Gasteiger partial charge in [0.1, 0.15) is 5.60 Å². The van der Waals surface area contributed by atoms with Crippen molar-refractivity contribution >= 4 is 11.5 Å². The molecule has 0 radical (unpaired) electrons. The van der Waals surface area contributed by atoms with Gasteiger partial charge in [0, 0.05) is 12.1 Å². The van der Waals surface area contributed by atoms with Crippen molar-refractivity contribution in [2.24, 2.45) is 0 Å². The number of aliphatic hydroxyl groups is 1. The molecule has 0 bridgehead atoms. The third-order valence-corrected chi connectivity index (χ3v) is 2.52. The molecule has 0 saturated heterocycles. The van der Waals surface area contributed by atoms with Crippen LogP contribution in [0.1, 0.15) is 5.56 Å². The molecular formula is C12H9NO4. The number of allylic oxidation sites excluding steroid dienone is 2. The van der Waals surface area contributed by atoms with E-state index in [1.54, 1.807) is 6.07 Å². The third kappa shape index (κ3) is 2.14. The molecule has 1 N–H and O–H groups in total. The van der Waals surface area contributed by atoms with Crippen molar-refractivity contribution in [3.05, 3.63) is 64.2 Å². The molecule has 0 heterocycles. The van der Waals surface area contributed by atoms with Gasteiger partial charge in [-0.3, -0.25) is 14.9 Å². The number of benzene rings is 1. The van der Waals surface area contributed by atoms with Crippen LogP contribution in [0.3, 0.4) is 0 Å². The zero-order valence-corrected chi connectivity index (χ0v) is 8.74. The molecule has 0 aromatic heterocycles. The van der Waals surface area contributed by atoms with Gasteiger partial charge in [-0.1, -0.05) is 12.1 Å². The second-order valence-electron chi connectivity index (χ2n) is 3.70. The van der Waals surface area contributed by atoms with Gasteiger partial charge in [-0.15, -0.1) is 0 Å². The molecule has 17 heavy (non-hydrogen) atoms. The summed E-state index contributed by atoms with van der Waals surface area (Å²) in [7, 11) is 0. The molecule has 2 rings (SSSR count). The summed E-state index contributed by atoms with van der Waals surface area (Å²) in [6.07, 6.45) is 5.10. The smallest absolute Gasteiger partial charge is 0.269 e. The third-order valence-electron chi connectivity index (χ3n) is 2.52. The highest BCUT2D eigenvalue weighted by atomic mass is 16.6. The van der Waals surface area contributed by atoms with Crippen molar-refractivity contribution in [2.45, 2.75) is 5.60 Å². The Morgan fingerprint density at radius 3 is 2.47 bits per heavy atom. The lowest BCUT2D eigenvalue weighted by Crippen LogP contribution is -2.22. The number of carbonyl (C=O) groups is 1. The van der Waals surface area contributed by atoms with Crippen LogP contribution in [0.5, 0.6) is 0 Å². The molecule has 0 unspecified atom stereocenters. The van der Waals surface area contributed by atoms with Gasteiger partial charge in [-0.05, 0) is 29.9 Å². The number of nitrogens with zero attached hydrogens (tertiary/aromatic N) is 1. The average molecular weight is 231 g/mol. The fourth-order valence-corrected chi connectivity index (χ4v) is 1.59. The van der Waals surface area contributed by atoms with Gasteiger partial charge in [-0.25, -0.2) is 0 Å². The van der Waals surface area contributed by atoms with Gasteiger partial charge in [0.15, 0.2) is 5.78 Å². The molecule has 86 valence electrons. The van der Waals surface area contributed by atoms with E-state index < -0.39 is 10.5 Å². The molecule has 0 atom stereocenters. The Balaban J connectivity index is 2.44. The largest absolute Gasteiger partial charge is 0.377 e. The second-order valence-corrected chi connectivity index (χ2v) is 3.70. The first kappa shape index (κ1) is 11.2. The molecule has 5 nitrogen and oxygen atoms in total. The zero-order valence-electron chi connectivity index (χ0n) is 8.74. The van der Waals surface area contributed by atoms with Crippen LogP contribution in [0.25, 0.3) is 0 Å². The first-order valence-electron chi connectivity index (χ1n) is 4.91. The highest BCUT2D eigenvalue weighted by Crippen LogP contribution is 2.29. The fraction of sp³-hybridized carbons (Fsp3) is 0.0833. The van der Waals surface area contributed by atoms with E-state index in [1.807, 2.05) is 0 Å². The zero-order chi connectivity index (χ0) is 12.5. The van der Waals surface area contributed by atoms with Crippen LogP contribution in [0.15, 0.2) is 48.6 Å². The number of non-ortho nitro benzene ring substituents is 1. The number of nitro groups is 1. The lowest BCUT2D eigenvalue weighted by molar-refractivity contribution is -0.385. The standard InChI is InChI=1S/C12H9NO4/c14-11-4-6-12(15,7-5-11)9-2-1-3-10(8-9)13(16)17/h1-8,15H. The van der Waals surface area contributed by atoms with Gasteiger partial charge >= 0.3 is 0 Å². The SMILES string of the molecule is O=C1C=CC(O)(c2cccc([N+](=O)[O-])c2)C=C1. The first-order chi connectivity index (χ1) is 8.01. The van der Waals surface area contributed by atoms with Crippen molar-refractivity contribution in [3.63, 3.8) is 0 Å². The summed E-state index contributed by atoms with van der Waals surface area (Å²) in [5.74, 6) is -0.222. The maximum Gasteiger partial charge on any atom is 0.269 e. The Hall–Kier alpha value is -2.27. The van der Waals surface area contributed by atoms with Crippen LogP contribution in [0, 0.1) is 10.1 Å². The summed E-state index contributed by atoms with van der Waals surface area (Å²) in [4.78, 5) is 21.1. The summed E-state index contributed by atoms with van der Waals surface area (Å²) in [6.45, 7) is 0. The van der Waals surface area contributed by atoms with Gasteiger partial charge < -0.3 is 5.11 Å². The fourth-order valence-electron chi connectivity index (χ4n) is 1.59. The van der Waals surface area contributed by atoms with E-state index in [0.29, 0.717) is 5.56 Å². The van der Waals surface area contributed by atoms with Crippen LogP contribution < -0.4 is 0 Å². The molecule has 5 heteroatoms. The molecule has 1 aliphatic rings. The number of ketones is 1. The van der Waals surface area contributed by atoms with Gasteiger partial charge in [0.05, 0.1) is 4.92 Å². The molecular weight excluding hydrogens is 222 g/mol. The highest BCUT2D eigenvalue weighted by molar-refractivity contribution is 6.00. The van der Waals surface area contributed by atoms with Crippen molar-refractivity contribution in [2.75, 3.05) is 0 Å². The van der Waals surface area contributed by atoms with Gasteiger partial charge in [0.25, 0.3) is 5.69 Å². The van der Waals surface area contributed by atoms with E-state index in [0.717, 1.165) is 0 Å².